The van der Waals surface area contributed by atoms with E-state index in [1.54, 1.807) is 11.0 Å². The smallest absolute Gasteiger partial charge is 0.223 e. The number of rotatable bonds is 4. The molecule has 0 saturated heterocycles. The third-order valence-corrected chi connectivity index (χ3v) is 2.96. The van der Waals surface area contributed by atoms with Gasteiger partial charge >= 0.3 is 0 Å². The van der Waals surface area contributed by atoms with Crippen LogP contribution in [0.5, 0.6) is 0 Å². The zero-order chi connectivity index (χ0) is 15.3. The molecule has 0 atom stereocenters. The highest BCUT2D eigenvalue weighted by atomic mass is 16.2. The van der Waals surface area contributed by atoms with Crippen molar-refractivity contribution < 1.29 is 9.59 Å². The fraction of sp³-hybridized carbons (Fsp3) is 0.412. The first kappa shape index (κ1) is 16.2. The number of hydrogen-bond acceptors (Lipinski definition) is 2. The minimum absolute atomic E-state index is 0.0470. The highest BCUT2D eigenvalue weighted by Crippen LogP contribution is 2.29. The molecule has 20 heavy (non-hydrogen) atoms. The van der Waals surface area contributed by atoms with Crippen molar-refractivity contribution in [2.45, 2.75) is 41.2 Å². The number of amides is 1. The Morgan fingerprint density at radius 1 is 1.10 bits per heavy atom. The third kappa shape index (κ3) is 4.65. The number of ketones is 1. The SMILES string of the molecule is CC(=O)/C=C(/N(Cc1ccccc1)C(C)=O)C(C)(C)C. The van der Waals surface area contributed by atoms with E-state index in [-0.39, 0.29) is 17.1 Å². The number of nitrogens with zero attached hydrogens (tertiary/aromatic N) is 1. The maximum absolute atomic E-state index is 12.0. The van der Waals surface area contributed by atoms with Crippen molar-refractivity contribution in [1.82, 2.24) is 4.90 Å². The Kier molecular flexibility index (Phi) is 5.26. The highest BCUT2D eigenvalue weighted by Gasteiger charge is 2.26. The topological polar surface area (TPSA) is 37.4 Å². The van der Waals surface area contributed by atoms with Crippen molar-refractivity contribution in [2.75, 3.05) is 0 Å². The summed E-state index contributed by atoms with van der Waals surface area (Å²) in [5.74, 6) is -0.106. The lowest BCUT2D eigenvalue weighted by Gasteiger charge is -2.33. The predicted octanol–water partition coefficient (Wildman–Crippen LogP) is 3.55. The minimum Gasteiger partial charge on any atom is -0.311 e. The van der Waals surface area contributed by atoms with Crippen LogP contribution < -0.4 is 0 Å². The molecule has 0 unspecified atom stereocenters. The molecule has 3 nitrogen and oxygen atoms in total. The Labute approximate surface area is 121 Å². The molecule has 108 valence electrons. The number of allylic oxidation sites excluding steroid dienone is 2. The number of benzene rings is 1. The van der Waals surface area contributed by atoms with Crippen LogP contribution in [-0.2, 0) is 16.1 Å². The van der Waals surface area contributed by atoms with Crippen LogP contribution >= 0.6 is 0 Å². The summed E-state index contributed by atoms with van der Waals surface area (Å²) in [4.78, 5) is 25.1. The lowest BCUT2D eigenvalue weighted by molar-refractivity contribution is -0.128. The molecule has 1 rings (SSSR count). The maximum Gasteiger partial charge on any atom is 0.223 e. The van der Waals surface area contributed by atoms with Crippen molar-refractivity contribution in [2.24, 2.45) is 5.41 Å². The molecular formula is C17H23NO2. The van der Waals surface area contributed by atoms with E-state index in [2.05, 4.69) is 0 Å². The van der Waals surface area contributed by atoms with E-state index in [0.717, 1.165) is 11.3 Å². The summed E-state index contributed by atoms with van der Waals surface area (Å²) in [5.41, 5.74) is 1.52. The lowest BCUT2D eigenvalue weighted by atomic mass is 9.89. The molecule has 0 aliphatic carbocycles. The van der Waals surface area contributed by atoms with Crippen molar-refractivity contribution in [3.05, 3.63) is 47.7 Å². The largest absolute Gasteiger partial charge is 0.311 e. The average molecular weight is 273 g/mol. The van der Waals surface area contributed by atoms with Crippen LogP contribution in [0.15, 0.2) is 42.1 Å². The summed E-state index contributed by atoms with van der Waals surface area (Å²) in [6.45, 7) is 9.52. The van der Waals surface area contributed by atoms with Gasteiger partial charge in [0.25, 0.3) is 0 Å². The molecule has 1 aromatic carbocycles. The van der Waals surface area contributed by atoms with Crippen LogP contribution in [0.3, 0.4) is 0 Å². The van der Waals surface area contributed by atoms with Crippen molar-refractivity contribution in [1.29, 1.82) is 0 Å². The molecule has 0 heterocycles. The van der Waals surface area contributed by atoms with E-state index in [1.807, 2.05) is 51.1 Å². The zero-order valence-corrected chi connectivity index (χ0v) is 12.9. The van der Waals surface area contributed by atoms with Crippen LogP contribution in [-0.4, -0.2) is 16.6 Å². The first-order chi connectivity index (χ1) is 9.21. The van der Waals surface area contributed by atoms with Crippen LogP contribution in [0.25, 0.3) is 0 Å². The van der Waals surface area contributed by atoms with Crippen LogP contribution in [0, 0.1) is 5.41 Å². The quantitative estimate of drug-likeness (QED) is 0.787. The van der Waals surface area contributed by atoms with Crippen LogP contribution in [0.4, 0.5) is 0 Å². The molecule has 0 fully saturated rings. The molecule has 0 aromatic heterocycles. The van der Waals surface area contributed by atoms with E-state index in [0.29, 0.717) is 6.54 Å². The van der Waals surface area contributed by atoms with E-state index in [1.165, 1.54) is 13.8 Å². The summed E-state index contributed by atoms with van der Waals surface area (Å²) in [5, 5.41) is 0. The molecule has 0 saturated carbocycles. The summed E-state index contributed by atoms with van der Waals surface area (Å²) in [6, 6.07) is 9.78. The molecule has 1 aromatic rings. The number of carbonyl (C=O) groups is 2. The monoisotopic (exact) mass is 273 g/mol. The van der Waals surface area contributed by atoms with E-state index in [9.17, 15) is 9.59 Å². The van der Waals surface area contributed by atoms with E-state index < -0.39 is 0 Å². The Morgan fingerprint density at radius 3 is 2.05 bits per heavy atom. The van der Waals surface area contributed by atoms with Gasteiger partial charge in [-0.25, -0.2) is 0 Å². The molecule has 3 heteroatoms. The van der Waals surface area contributed by atoms with Gasteiger partial charge < -0.3 is 4.90 Å². The van der Waals surface area contributed by atoms with Gasteiger partial charge in [0.1, 0.15) is 0 Å². The molecule has 0 aliphatic heterocycles. The standard InChI is InChI=1S/C17H23NO2/c1-13(19)11-16(17(3,4)5)18(14(2)20)12-15-9-7-6-8-10-15/h6-11H,12H2,1-5H3/b16-11+. The van der Waals surface area contributed by atoms with Crippen LogP contribution in [0.1, 0.15) is 40.2 Å². The Morgan fingerprint density at radius 2 is 1.65 bits per heavy atom. The third-order valence-electron chi connectivity index (χ3n) is 2.96. The normalized spacial score (nSPS) is 12.2. The number of carbonyl (C=O) groups excluding carboxylic acids is 2. The van der Waals surface area contributed by atoms with E-state index >= 15 is 0 Å². The summed E-state index contributed by atoms with van der Waals surface area (Å²) >= 11 is 0. The van der Waals surface area contributed by atoms with Gasteiger partial charge in [0.2, 0.25) is 5.91 Å². The van der Waals surface area contributed by atoms with Crippen molar-refractivity contribution in [3.63, 3.8) is 0 Å². The Hall–Kier alpha value is -1.90. The summed E-state index contributed by atoms with van der Waals surface area (Å²) < 4.78 is 0. The molecule has 0 bridgehead atoms. The molecule has 0 spiro atoms. The minimum atomic E-state index is -0.272. The van der Waals surface area contributed by atoms with Crippen molar-refractivity contribution in [3.8, 4) is 0 Å². The van der Waals surface area contributed by atoms with E-state index in [4.69, 9.17) is 0 Å². The molecule has 0 aliphatic rings. The molecular weight excluding hydrogens is 250 g/mol. The molecule has 0 radical (unpaired) electrons. The van der Waals surface area contributed by atoms with Gasteiger partial charge in [0, 0.05) is 24.1 Å². The first-order valence-corrected chi connectivity index (χ1v) is 6.76. The fourth-order valence-electron chi connectivity index (χ4n) is 2.02. The summed E-state index contributed by atoms with van der Waals surface area (Å²) in [7, 11) is 0. The Balaban J connectivity index is 3.16. The average Bonchev–Trinajstić information content (AvgIpc) is 2.33. The second-order valence-corrected chi connectivity index (χ2v) is 5.98. The number of hydrogen-bond donors (Lipinski definition) is 0. The van der Waals surface area contributed by atoms with Gasteiger partial charge in [0.05, 0.1) is 6.54 Å². The zero-order valence-electron chi connectivity index (χ0n) is 12.9. The first-order valence-electron chi connectivity index (χ1n) is 6.76. The van der Waals surface area contributed by atoms with Crippen LogP contribution in [0.2, 0.25) is 0 Å². The van der Waals surface area contributed by atoms with Gasteiger partial charge in [-0.2, -0.15) is 0 Å². The van der Waals surface area contributed by atoms with Gasteiger partial charge in [0.15, 0.2) is 5.78 Å². The highest BCUT2D eigenvalue weighted by molar-refractivity contribution is 5.89. The second kappa shape index (κ2) is 6.51. The van der Waals surface area contributed by atoms with Gasteiger partial charge in [-0.15, -0.1) is 0 Å². The molecule has 1 amide bonds. The van der Waals surface area contributed by atoms with Gasteiger partial charge in [-0.05, 0) is 12.5 Å². The fourth-order valence-corrected chi connectivity index (χ4v) is 2.02. The van der Waals surface area contributed by atoms with Gasteiger partial charge in [-0.1, -0.05) is 51.1 Å². The predicted molar refractivity (Wildman–Crippen MR) is 80.9 cm³/mol. The second-order valence-electron chi connectivity index (χ2n) is 5.98. The van der Waals surface area contributed by atoms with Gasteiger partial charge in [-0.3, -0.25) is 9.59 Å². The molecule has 0 N–H and O–H groups in total. The Bertz CT molecular complexity index is 510. The lowest BCUT2D eigenvalue weighted by Crippen LogP contribution is -2.34. The summed E-state index contributed by atoms with van der Waals surface area (Å²) in [6.07, 6.45) is 1.56. The van der Waals surface area contributed by atoms with Crippen molar-refractivity contribution >= 4 is 11.7 Å². The maximum atomic E-state index is 12.0.